The fourth-order valence-corrected chi connectivity index (χ4v) is 6.72. The lowest BCUT2D eigenvalue weighted by atomic mass is 9.54. The number of hydrogen-bond acceptors (Lipinski definition) is 0. The molecule has 0 aliphatic heterocycles. The van der Waals surface area contributed by atoms with Crippen molar-refractivity contribution in [2.24, 2.45) is 0 Å². The lowest BCUT2D eigenvalue weighted by Crippen LogP contribution is -2.43. The van der Waals surface area contributed by atoms with Crippen molar-refractivity contribution in [3.8, 4) is 23.7 Å². The van der Waals surface area contributed by atoms with Gasteiger partial charge in [-0.1, -0.05) is 169 Å². The third kappa shape index (κ3) is 4.45. The summed E-state index contributed by atoms with van der Waals surface area (Å²) in [6, 6.07) is 56.3. The molecule has 0 amide bonds. The lowest BCUT2D eigenvalue weighted by Gasteiger charge is -2.46. The first-order chi connectivity index (χ1) is 21.2. The maximum absolute atomic E-state index is 7.34. The minimum atomic E-state index is -0.839. The van der Waals surface area contributed by atoms with E-state index in [9.17, 15) is 0 Å². The average molecular weight is 567 g/mol. The fraction of sp³-hybridized carbons (Fsp3) is 0.0476. The Balaban J connectivity index is 1.66. The largest absolute Gasteiger partial charge is 0.109 e. The lowest BCUT2D eigenvalue weighted by molar-refractivity contribution is 0.668. The molecule has 0 aromatic heterocycles. The maximum atomic E-state index is 7.34. The van der Waals surface area contributed by atoms with Gasteiger partial charge in [0, 0.05) is 21.7 Å². The van der Waals surface area contributed by atoms with Crippen LogP contribution in [0, 0.1) is 23.7 Å². The van der Waals surface area contributed by atoms with Gasteiger partial charge in [0.1, 0.15) is 10.8 Å². The summed E-state index contributed by atoms with van der Waals surface area (Å²) in [5.74, 6) is 14.7. The molecular formula is C42H27Cl. The number of rotatable bonds is 2. The predicted octanol–water partition coefficient (Wildman–Crippen LogP) is 9.43. The van der Waals surface area contributed by atoms with Crippen LogP contribution in [-0.2, 0) is 10.8 Å². The van der Waals surface area contributed by atoms with Gasteiger partial charge in [0.05, 0.1) is 0 Å². The average Bonchev–Trinajstić information content (AvgIpc) is 3.08. The Morgan fingerprint density at radius 3 is 1.30 bits per heavy atom. The Morgan fingerprint density at radius 2 is 0.767 bits per heavy atom. The van der Waals surface area contributed by atoms with Crippen molar-refractivity contribution in [1.29, 1.82) is 0 Å². The summed E-state index contributed by atoms with van der Waals surface area (Å²) in [5, 5.41) is 0.667. The van der Waals surface area contributed by atoms with Crippen molar-refractivity contribution in [3.63, 3.8) is 0 Å². The summed E-state index contributed by atoms with van der Waals surface area (Å²) in [6.45, 7) is 0. The summed E-state index contributed by atoms with van der Waals surface area (Å²) in [5.41, 5.74) is 6.63. The van der Waals surface area contributed by atoms with Crippen molar-refractivity contribution in [1.82, 2.24) is 0 Å². The zero-order chi connectivity index (χ0) is 29.1. The van der Waals surface area contributed by atoms with E-state index in [2.05, 4.69) is 121 Å². The van der Waals surface area contributed by atoms with Crippen LogP contribution in [0.2, 0.25) is 5.02 Å². The normalized spacial score (nSPS) is 18.2. The fourth-order valence-electron chi connectivity index (χ4n) is 6.41. The Bertz CT molecular complexity index is 2020. The maximum Gasteiger partial charge on any atom is 0.109 e. The molecule has 202 valence electrons. The monoisotopic (exact) mass is 566 g/mol. The van der Waals surface area contributed by atoms with Crippen LogP contribution in [0.5, 0.6) is 0 Å². The van der Waals surface area contributed by atoms with E-state index in [1.54, 1.807) is 0 Å². The first-order valence-corrected chi connectivity index (χ1v) is 14.8. The van der Waals surface area contributed by atoms with E-state index in [0.29, 0.717) is 5.02 Å². The highest BCUT2D eigenvalue weighted by Gasteiger charge is 2.52. The molecule has 0 fully saturated rings. The molecule has 0 saturated heterocycles. The molecule has 2 unspecified atom stereocenters. The molecule has 0 heterocycles. The molecule has 1 aliphatic carbocycles. The summed E-state index contributed by atoms with van der Waals surface area (Å²) < 4.78 is 0. The highest BCUT2D eigenvalue weighted by molar-refractivity contribution is 6.32. The second-order valence-electron chi connectivity index (χ2n) is 10.7. The molecular weight excluding hydrogens is 540 g/mol. The van der Waals surface area contributed by atoms with Gasteiger partial charge in [-0.3, -0.25) is 0 Å². The van der Waals surface area contributed by atoms with Gasteiger partial charge in [-0.15, -0.1) is 0 Å². The van der Waals surface area contributed by atoms with Crippen LogP contribution in [0.25, 0.3) is 0 Å². The molecule has 6 aromatic carbocycles. The van der Waals surface area contributed by atoms with Gasteiger partial charge in [0.2, 0.25) is 0 Å². The molecule has 0 spiro atoms. The molecule has 2 atom stereocenters. The highest BCUT2D eigenvalue weighted by Crippen LogP contribution is 2.56. The van der Waals surface area contributed by atoms with Crippen LogP contribution in [0.15, 0.2) is 164 Å². The standard InChI is InChI=1S/C42H27Cl/c43-39-27-15-26-38-40(39)42(35-22-11-4-12-23-35,31-29-33-18-7-2-8-19-33)37-25-14-13-24-36(37)41(38,34-20-9-3-10-21-34)30-28-32-16-5-1-6-17-32/h1-27H. The molecule has 6 aromatic rings. The molecule has 43 heavy (non-hydrogen) atoms. The zero-order valence-corrected chi connectivity index (χ0v) is 24.2. The van der Waals surface area contributed by atoms with Crippen molar-refractivity contribution < 1.29 is 0 Å². The molecule has 0 saturated carbocycles. The van der Waals surface area contributed by atoms with Crippen LogP contribution in [0.1, 0.15) is 44.5 Å². The van der Waals surface area contributed by atoms with Crippen molar-refractivity contribution in [3.05, 3.63) is 213 Å². The van der Waals surface area contributed by atoms with Gasteiger partial charge >= 0.3 is 0 Å². The smallest absolute Gasteiger partial charge is 0.0839 e. The Hall–Kier alpha value is -5.27. The molecule has 0 radical (unpaired) electrons. The first kappa shape index (κ1) is 26.6. The molecule has 0 bridgehead atoms. The Labute approximate surface area is 258 Å². The second kappa shape index (κ2) is 11.2. The van der Waals surface area contributed by atoms with Crippen LogP contribution < -0.4 is 0 Å². The summed E-state index contributed by atoms with van der Waals surface area (Å²) >= 11 is 7.34. The van der Waals surface area contributed by atoms with E-state index >= 15 is 0 Å². The zero-order valence-electron chi connectivity index (χ0n) is 23.5. The molecule has 0 nitrogen and oxygen atoms in total. The van der Waals surface area contributed by atoms with E-state index in [0.717, 1.165) is 44.5 Å². The number of fused-ring (bicyclic) bond motifs is 2. The summed E-state index contributed by atoms with van der Waals surface area (Å²) in [7, 11) is 0. The highest BCUT2D eigenvalue weighted by atomic mass is 35.5. The van der Waals surface area contributed by atoms with Gasteiger partial charge in [-0.25, -0.2) is 0 Å². The number of benzene rings is 6. The minimum Gasteiger partial charge on any atom is -0.0839 e. The van der Waals surface area contributed by atoms with Crippen molar-refractivity contribution in [2.75, 3.05) is 0 Å². The van der Waals surface area contributed by atoms with Gasteiger partial charge in [0.25, 0.3) is 0 Å². The van der Waals surface area contributed by atoms with Crippen LogP contribution >= 0.6 is 11.6 Å². The van der Waals surface area contributed by atoms with Gasteiger partial charge < -0.3 is 0 Å². The Morgan fingerprint density at radius 1 is 0.372 bits per heavy atom. The van der Waals surface area contributed by atoms with E-state index in [4.69, 9.17) is 11.6 Å². The van der Waals surface area contributed by atoms with Crippen molar-refractivity contribution >= 4 is 11.6 Å². The predicted molar refractivity (Wildman–Crippen MR) is 177 cm³/mol. The van der Waals surface area contributed by atoms with E-state index in [1.165, 1.54) is 0 Å². The van der Waals surface area contributed by atoms with Crippen LogP contribution in [0.4, 0.5) is 0 Å². The molecule has 1 aliphatic rings. The molecule has 7 rings (SSSR count). The molecule has 0 N–H and O–H groups in total. The van der Waals surface area contributed by atoms with Gasteiger partial charge in [0.15, 0.2) is 0 Å². The second-order valence-corrected chi connectivity index (χ2v) is 11.1. The van der Waals surface area contributed by atoms with Crippen molar-refractivity contribution in [2.45, 2.75) is 10.8 Å². The third-order valence-electron chi connectivity index (χ3n) is 8.28. The molecule has 1 heteroatoms. The van der Waals surface area contributed by atoms with E-state index in [-0.39, 0.29) is 0 Å². The van der Waals surface area contributed by atoms with E-state index < -0.39 is 10.8 Å². The van der Waals surface area contributed by atoms with Crippen LogP contribution in [0.3, 0.4) is 0 Å². The minimum absolute atomic E-state index is 0.667. The van der Waals surface area contributed by atoms with Gasteiger partial charge in [-0.2, -0.15) is 0 Å². The number of halogens is 1. The summed E-state index contributed by atoms with van der Waals surface area (Å²) in [4.78, 5) is 0. The Kier molecular flexibility index (Phi) is 6.93. The topological polar surface area (TPSA) is 0 Å². The van der Waals surface area contributed by atoms with Gasteiger partial charge in [-0.05, 0) is 58.1 Å². The quantitative estimate of drug-likeness (QED) is 0.183. The van der Waals surface area contributed by atoms with E-state index in [1.807, 2.05) is 66.7 Å². The SMILES string of the molecule is Clc1cccc2c1C(C#Cc1ccccc1)(c1ccccc1)c1ccccc1C2(C#Cc1ccccc1)c1ccccc1. The first-order valence-electron chi connectivity index (χ1n) is 14.4. The summed E-state index contributed by atoms with van der Waals surface area (Å²) in [6.07, 6.45) is 0. The number of hydrogen-bond donors (Lipinski definition) is 0. The van der Waals surface area contributed by atoms with Crippen LogP contribution in [-0.4, -0.2) is 0 Å². The third-order valence-corrected chi connectivity index (χ3v) is 8.59.